The van der Waals surface area contributed by atoms with Crippen molar-refractivity contribution in [3.05, 3.63) is 72.4 Å². The summed E-state index contributed by atoms with van der Waals surface area (Å²) in [6.07, 6.45) is 3.55. The molecule has 2 aromatic heterocycles. The second-order valence-corrected chi connectivity index (χ2v) is 8.26. The molecule has 1 saturated heterocycles. The maximum atomic E-state index is 12.8. The number of nitrogens with zero attached hydrogens (tertiary/aromatic N) is 4. The highest BCUT2D eigenvalue weighted by Gasteiger charge is 2.32. The highest BCUT2D eigenvalue weighted by atomic mass is 32.1. The van der Waals surface area contributed by atoms with Gasteiger partial charge in [-0.2, -0.15) is 4.98 Å². The van der Waals surface area contributed by atoms with Crippen molar-refractivity contribution in [1.29, 1.82) is 0 Å². The van der Waals surface area contributed by atoms with Crippen molar-refractivity contribution >= 4 is 32.9 Å². The summed E-state index contributed by atoms with van der Waals surface area (Å²) in [5.41, 5.74) is 3.58. The lowest BCUT2D eigenvalue weighted by atomic mass is 10.2. The van der Waals surface area contributed by atoms with E-state index in [4.69, 9.17) is 4.98 Å². The van der Waals surface area contributed by atoms with E-state index in [-0.39, 0.29) is 11.9 Å². The number of carbonyl (C=O) groups is 1. The Bertz CT molecular complexity index is 1160. The number of amides is 1. The lowest BCUT2D eigenvalue weighted by molar-refractivity contribution is -0.122. The molecule has 0 spiro atoms. The second-order valence-electron chi connectivity index (χ2n) is 7.30. The Morgan fingerprint density at radius 2 is 1.83 bits per heavy atom. The molecule has 1 N–H and O–H groups in total. The fourth-order valence-electron chi connectivity index (χ4n) is 3.75. The molecule has 0 radical (unpaired) electrons. The fraction of sp³-hybridized carbons (Fsp3) is 0.217. The van der Waals surface area contributed by atoms with Crippen LogP contribution in [-0.4, -0.2) is 33.4 Å². The third-order valence-electron chi connectivity index (χ3n) is 5.29. The van der Waals surface area contributed by atoms with Gasteiger partial charge in [0, 0.05) is 18.7 Å². The van der Waals surface area contributed by atoms with Gasteiger partial charge in [-0.3, -0.25) is 4.79 Å². The van der Waals surface area contributed by atoms with Gasteiger partial charge in [0.25, 0.3) is 0 Å². The van der Waals surface area contributed by atoms with Crippen molar-refractivity contribution in [1.82, 2.24) is 20.3 Å². The molecule has 0 aliphatic carbocycles. The zero-order valence-electron chi connectivity index (χ0n) is 16.4. The number of thiazole rings is 1. The van der Waals surface area contributed by atoms with Gasteiger partial charge in [0.1, 0.15) is 6.04 Å². The molecule has 7 heteroatoms. The van der Waals surface area contributed by atoms with E-state index in [1.807, 2.05) is 60.7 Å². The van der Waals surface area contributed by atoms with Gasteiger partial charge in [0.15, 0.2) is 15.6 Å². The monoisotopic (exact) mass is 415 g/mol. The Kier molecular flexibility index (Phi) is 5.11. The summed E-state index contributed by atoms with van der Waals surface area (Å²) in [5, 5.41) is 3.88. The minimum Gasteiger partial charge on any atom is -0.350 e. The standard InChI is InChI=1S/C23H21N5OS/c29-21(25-14-16-8-3-1-4-9-16)19-12-7-13-28(19)23-27-20-22(30-23)26-18(15-24-20)17-10-5-2-6-11-17/h1-6,8-11,15,19H,7,12-14H2,(H,25,29)/t19-/m1/s1. The Hall–Kier alpha value is -3.32. The number of hydrogen-bond donors (Lipinski definition) is 1. The van der Waals surface area contributed by atoms with E-state index >= 15 is 0 Å². The third kappa shape index (κ3) is 3.76. The van der Waals surface area contributed by atoms with Crippen LogP contribution in [-0.2, 0) is 11.3 Å². The lowest BCUT2D eigenvalue weighted by Gasteiger charge is -2.23. The van der Waals surface area contributed by atoms with Crippen LogP contribution < -0.4 is 10.2 Å². The van der Waals surface area contributed by atoms with Crippen molar-refractivity contribution in [2.75, 3.05) is 11.4 Å². The molecule has 5 rings (SSSR count). The number of rotatable bonds is 5. The number of carbonyl (C=O) groups excluding carboxylic acids is 1. The largest absolute Gasteiger partial charge is 0.350 e. The van der Waals surface area contributed by atoms with Gasteiger partial charge in [-0.25, -0.2) is 9.97 Å². The number of benzene rings is 2. The average Bonchev–Trinajstić information content (AvgIpc) is 3.45. The normalized spacial score (nSPS) is 16.1. The first-order valence-electron chi connectivity index (χ1n) is 10.1. The molecule has 1 aliphatic rings. The summed E-state index contributed by atoms with van der Waals surface area (Å²) in [7, 11) is 0. The number of fused-ring (bicyclic) bond motifs is 1. The smallest absolute Gasteiger partial charge is 0.243 e. The summed E-state index contributed by atoms with van der Waals surface area (Å²) in [6, 6.07) is 19.8. The minimum atomic E-state index is -0.206. The van der Waals surface area contributed by atoms with Gasteiger partial charge < -0.3 is 10.2 Å². The van der Waals surface area contributed by atoms with E-state index in [0.29, 0.717) is 12.2 Å². The Labute approximate surface area is 178 Å². The maximum absolute atomic E-state index is 12.8. The van der Waals surface area contributed by atoms with E-state index in [1.165, 1.54) is 11.3 Å². The molecule has 2 aromatic carbocycles. The predicted octanol–water partition coefficient (Wildman–Crippen LogP) is 4.04. The third-order valence-corrected chi connectivity index (χ3v) is 6.27. The van der Waals surface area contributed by atoms with Gasteiger partial charge in [-0.05, 0) is 18.4 Å². The first-order valence-corrected chi connectivity index (χ1v) is 10.9. The second kappa shape index (κ2) is 8.20. The van der Waals surface area contributed by atoms with E-state index in [2.05, 4.69) is 20.2 Å². The number of hydrogen-bond acceptors (Lipinski definition) is 6. The summed E-state index contributed by atoms with van der Waals surface area (Å²) in [5.74, 6) is 0.0431. The summed E-state index contributed by atoms with van der Waals surface area (Å²) < 4.78 is 0. The number of aromatic nitrogens is 3. The van der Waals surface area contributed by atoms with Gasteiger partial charge in [0.2, 0.25) is 5.91 Å². The van der Waals surface area contributed by atoms with Gasteiger partial charge in [-0.1, -0.05) is 72.0 Å². The zero-order chi connectivity index (χ0) is 20.3. The minimum absolute atomic E-state index is 0.0431. The molecule has 3 heterocycles. The van der Waals surface area contributed by atoms with Gasteiger partial charge >= 0.3 is 0 Å². The van der Waals surface area contributed by atoms with E-state index in [9.17, 15) is 4.79 Å². The van der Waals surface area contributed by atoms with Crippen LogP contribution in [0.3, 0.4) is 0 Å². The zero-order valence-corrected chi connectivity index (χ0v) is 17.2. The lowest BCUT2D eigenvalue weighted by Crippen LogP contribution is -2.43. The molecule has 150 valence electrons. The SMILES string of the molecule is O=C(NCc1ccccc1)[C@H]1CCCN1c1nc2ncc(-c3ccccc3)nc2s1. The van der Waals surface area contributed by atoms with E-state index in [1.54, 1.807) is 6.20 Å². The van der Waals surface area contributed by atoms with Crippen molar-refractivity contribution in [2.45, 2.75) is 25.4 Å². The molecular weight excluding hydrogens is 394 g/mol. The highest BCUT2D eigenvalue weighted by molar-refractivity contribution is 7.21. The van der Waals surface area contributed by atoms with Crippen LogP contribution in [0, 0.1) is 0 Å². The quantitative estimate of drug-likeness (QED) is 0.533. The van der Waals surface area contributed by atoms with Crippen LogP contribution in [0.15, 0.2) is 66.9 Å². The number of anilines is 1. The summed E-state index contributed by atoms with van der Waals surface area (Å²) in [4.78, 5) is 29.7. The van der Waals surface area contributed by atoms with Crippen molar-refractivity contribution < 1.29 is 4.79 Å². The van der Waals surface area contributed by atoms with Gasteiger partial charge in [0.05, 0.1) is 11.9 Å². The number of nitrogens with one attached hydrogen (secondary N) is 1. The molecular formula is C23H21N5OS. The molecule has 4 aromatic rings. The molecule has 6 nitrogen and oxygen atoms in total. The summed E-state index contributed by atoms with van der Waals surface area (Å²) >= 11 is 1.50. The van der Waals surface area contributed by atoms with E-state index < -0.39 is 0 Å². The summed E-state index contributed by atoms with van der Waals surface area (Å²) in [6.45, 7) is 1.35. The molecule has 1 aliphatic heterocycles. The van der Waals surface area contributed by atoms with Crippen LogP contribution in [0.4, 0.5) is 5.13 Å². The van der Waals surface area contributed by atoms with E-state index in [0.717, 1.165) is 46.2 Å². The molecule has 1 atom stereocenters. The van der Waals surface area contributed by atoms with Crippen LogP contribution in [0.2, 0.25) is 0 Å². The first kappa shape index (κ1) is 18.7. The van der Waals surface area contributed by atoms with Crippen LogP contribution >= 0.6 is 11.3 Å². The Morgan fingerprint density at radius 3 is 2.63 bits per heavy atom. The Morgan fingerprint density at radius 1 is 1.07 bits per heavy atom. The van der Waals surface area contributed by atoms with Crippen LogP contribution in [0.1, 0.15) is 18.4 Å². The van der Waals surface area contributed by atoms with Crippen molar-refractivity contribution in [2.24, 2.45) is 0 Å². The molecule has 1 fully saturated rings. The molecule has 0 unspecified atom stereocenters. The molecule has 30 heavy (non-hydrogen) atoms. The van der Waals surface area contributed by atoms with Crippen LogP contribution in [0.5, 0.6) is 0 Å². The highest BCUT2D eigenvalue weighted by Crippen LogP contribution is 2.33. The maximum Gasteiger partial charge on any atom is 0.243 e. The van der Waals surface area contributed by atoms with Crippen LogP contribution in [0.25, 0.3) is 21.7 Å². The van der Waals surface area contributed by atoms with Crippen molar-refractivity contribution in [3.8, 4) is 11.3 Å². The average molecular weight is 416 g/mol. The van der Waals surface area contributed by atoms with Gasteiger partial charge in [-0.15, -0.1) is 0 Å². The predicted molar refractivity (Wildman–Crippen MR) is 119 cm³/mol. The Balaban J connectivity index is 1.35. The molecule has 0 bridgehead atoms. The molecule has 0 saturated carbocycles. The topological polar surface area (TPSA) is 71.0 Å². The van der Waals surface area contributed by atoms with Crippen molar-refractivity contribution in [3.63, 3.8) is 0 Å². The first-order chi connectivity index (χ1) is 14.8. The fourth-order valence-corrected chi connectivity index (χ4v) is 4.73. The molecule has 1 amide bonds.